The molecule has 2 heterocycles. The molecule has 0 radical (unpaired) electrons. The SMILES string of the molecule is C=Nc1c(C(Cl)=NC)c(C(O)c2cc(Cl)ccn2)cn1C1CCC1. The molecule has 1 unspecified atom stereocenters. The molecule has 2 aromatic heterocycles. The third kappa shape index (κ3) is 2.99. The molecule has 0 aliphatic heterocycles. The Morgan fingerprint density at radius 2 is 2.25 bits per heavy atom. The first kappa shape index (κ1) is 17.1. The average molecular weight is 365 g/mol. The molecule has 2 aromatic rings. The van der Waals surface area contributed by atoms with Crippen LogP contribution in [0.1, 0.15) is 48.2 Å². The van der Waals surface area contributed by atoms with Crippen molar-refractivity contribution in [3.8, 4) is 0 Å². The van der Waals surface area contributed by atoms with Gasteiger partial charge in [0, 0.05) is 36.1 Å². The van der Waals surface area contributed by atoms with Gasteiger partial charge < -0.3 is 9.67 Å². The Balaban J connectivity index is 2.15. The number of aliphatic hydroxyl groups is 1. The third-order valence-electron chi connectivity index (χ3n) is 4.37. The minimum absolute atomic E-state index is 0.284. The van der Waals surface area contributed by atoms with Gasteiger partial charge in [-0.15, -0.1) is 0 Å². The standard InChI is InChI=1S/C17H18Cl2N4O/c1-20-16(19)14-12(15(24)13-8-10(18)6-7-22-13)9-23(17(14)21-2)11-4-3-5-11/h6-9,11,15,24H,2-5H2,1H3. The lowest BCUT2D eigenvalue weighted by Gasteiger charge is -2.28. The molecule has 1 aliphatic rings. The molecule has 1 aliphatic carbocycles. The molecule has 5 nitrogen and oxygen atoms in total. The van der Waals surface area contributed by atoms with Crippen LogP contribution in [0.2, 0.25) is 5.02 Å². The van der Waals surface area contributed by atoms with Crippen LogP contribution in [0.5, 0.6) is 0 Å². The monoisotopic (exact) mass is 364 g/mol. The Morgan fingerprint density at radius 3 is 2.79 bits per heavy atom. The summed E-state index contributed by atoms with van der Waals surface area (Å²) in [6.07, 6.45) is 5.79. The number of nitrogens with zero attached hydrogens (tertiary/aromatic N) is 4. The van der Waals surface area contributed by atoms with Crippen LogP contribution in [0, 0.1) is 0 Å². The predicted octanol–water partition coefficient (Wildman–Crippen LogP) is 4.29. The summed E-state index contributed by atoms with van der Waals surface area (Å²) in [5.74, 6) is 0.631. The molecule has 3 rings (SSSR count). The highest BCUT2D eigenvalue weighted by molar-refractivity contribution is 6.70. The minimum Gasteiger partial charge on any atom is -0.382 e. The van der Waals surface area contributed by atoms with Crippen molar-refractivity contribution in [3.63, 3.8) is 0 Å². The number of rotatable bonds is 5. The second kappa shape index (κ2) is 7.05. The zero-order chi connectivity index (χ0) is 17.3. The van der Waals surface area contributed by atoms with Gasteiger partial charge in [-0.05, 0) is 38.1 Å². The molecule has 126 valence electrons. The maximum Gasteiger partial charge on any atom is 0.142 e. The van der Waals surface area contributed by atoms with Crippen LogP contribution >= 0.6 is 23.2 Å². The molecule has 1 atom stereocenters. The lowest BCUT2D eigenvalue weighted by Crippen LogP contribution is -2.15. The second-order valence-corrected chi connectivity index (χ2v) is 6.54. The van der Waals surface area contributed by atoms with Gasteiger partial charge in [-0.1, -0.05) is 23.2 Å². The van der Waals surface area contributed by atoms with E-state index in [1.165, 1.54) is 6.42 Å². The molecule has 1 saturated carbocycles. The van der Waals surface area contributed by atoms with Crippen LogP contribution in [0.3, 0.4) is 0 Å². The summed E-state index contributed by atoms with van der Waals surface area (Å²) in [6, 6.07) is 3.64. The number of aromatic nitrogens is 2. The van der Waals surface area contributed by atoms with E-state index < -0.39 is 6.10 Å². The van der Waals surface area contributed by atoms with Gasteiger partial charge in [0.1, 0.15) is 17.1 Å². The number of pyridine rings is 1. The molecule has 0 aromatic carbocycles. The van der Waals surface area contributed by atoms with Crippen molar-refractivity contribution in [2.24, 2.45) is 9.98 Å². The maximum atomic E-state index is 10.8. The molecule has 1 N–H and O–H groups in total. The molecule has 24 heavy (non-hydrogen) atoms. The van der Waals surface area contributed by atoms with E-state index in [0.29, 0.717) is 33.7 Å². The molecule has 7 heteroatoms. The summed E-state index contributed by atoms with van der Waals surface area (Å²) in [4.78, 5) is 12.4. The first-order chi connectivity index (χ1) is 11.6. The number of aliphatic hydroxyl groups excluding tert-OH is 1. The fourth-order valence-corrected chi connectivity index (χ4v) is 3.26. The van der Waals surface area contributed by atoms with Crippen molar-refractivity contribution in [2.75, 3.05) is 7.05 Å². The zero-order valence-electron chi connectivity index (χ0n) is 13.3. The minimum atomic E-state index is -0.976. The highest BCUT2D eigenvalue weighted by Crippen LogP contribution is 2.41. The van der Waals surface area contributed by atoms with Crippen LogP contribution < -0.4 is 0 Å². The quantitative estimate of drug-likeness (QED) is 0.804. The molecule has 1 fully saturated rings. The number of aliphatic imine (C=N–C) groups is 2. The number of halogens is 2. The van der Waals surface area contributed by atoms with E-state index in [1.807, 2.05) is 10.8 Å². The van der Waals surface area contributed by atoms with Gasteiger partial charge in [0.2, 0.25) is 0 Å². The van der Waals surface area contributed by atoms with Crippen LogP contribution in [0.15, 0.2) is 34.5 Å². The summed E-state index contributed by atoms with van der Waals surface area (Å²) in [5, 5.41) is 11.6. The normalized spacial score (nSPS) is 16.8. The summed E-state index contributed by atoms with van der Waals surface area (Å²) >= 11 is 12.3. The Kier molecular flexibility index (Phi) is 5.04. The van der Waals surface area contributed by atoms with Gasteiger partial charge in [0.15, 0.2) is 0 Å². The number of hydrogen-bond donors (Lipinski definition) is 1. The summed E-state index contributed by atoms with van der Waals surface area (Å²) in [6.45, 7) is 3.67. The Labute approximate surface area is 150 Å². The van der Waals surface area contributed by atoms with Gasteiger partial charge in [0.05, 0.1) is 11.3 Å². The maximum absolute atomic E-state index is 10.8. The van der Waals surface area contributed by atoms with Crippen molar-refractivity contribution in [1.82, 2.24) is 9.55 Å². The van der Waals surface area contributed by atoms with Crippen LogP contribution in [0.25, 0.3) is 0 Å². The average Bonchev–Trinajstić information content (AvgIpc) is 2.90. The largest absolute Gasteiger partial charge is 0.382 e. The van der Waals surface area contributed by atoms with E-state index in [9.17, 15) is 5.11 Å². The van der Waals surface area contributed by atoms with E-state index in [1.54, 1.807) is 25.4 Å². The molecular formula is C17H18Cl2N4O. The Bertz CT molecular complexity index is 796. The lowest BCUT2D eigenvalue weighted by molar-refractivity contribution is 0.214. The van der Waals surface area contributed by atoms with Crippen molar-refractivity contribution in [1.29, 1.82) is 0 Å². The van der Waals surface area contributed by atoms with Crippen LogP contribution in [-0.2, 0) is 0 Å². The Morgan fingerprint density at radius 1 is 1.50 bits per heavy atom. The topological polar surface area (TPSA) is 62.8 Å². The highest BCUT2D eigenvalue weighted by atomic mass is 35.5. The smallest absolute Gasteiger partial charge is 0.142 e. The van der Waals surface area contributed by atoms with E-state index in [2.05, 4.69) is 21.7 Å². The van der Waals surface area contributed by atoms with E-state index >= 15 is 0 Å². The predicted molar refractivity (Wildman–Crippen MR) is 98.2 cm³/mol. The first-order valence-electron chi connectivity index (χ1n) is 7.70. The van der Waals surface area contributed by atoms with Crippen molar-refractivity contribution < 1.29 is 5.11 Å². The highest BCUT2D eigenvalue weighted by Gasteiger charge is 2.29. The van der Waals surface area contributed by atoms with E-state index in [-0.39, 0.29) is 5.17 Å². The Hall–Kier alpha value is -1.69. The van der Waals surface area contributed by atoms with E-state index in [4.69, 9.17) is 23.2 Å². The van der Waals surface area contributed by atoms with Crippen molar-refractivity contribution >= 4 is 40.9 Å². The number of hydrogen-bond acceptors (Lipinski definition) is 4. The first-order valence-corrected chi connectivity index (χ1v) is 8.46. The summed E-state index contributed by atoms with van der Waals surface area (Å²) < 4.78 is 2.03. The molecule has 0 amide bonds. The van der Waals surface area contributed by atoms with Crippen LogP contribution in [-0.4, -0.2) is 33.6 Å². The van der Waals surface area contributed by atoms with Gasteiger partial charge in [-0.3, -0.25) is 9.98 Å². The molecule has 0 bridgehead atoms. The van der Waals surface area contributed by atoms with Crippen LogP contribution in [0.4, 0.5) is 5.82 Å². The summed E-state index contributed by atoms with van der Waals surface area (Å²) in [5.41, 5.74) is 1.65. The van der Waals surface area contributed by atoms with Gasteiger partial charge in [-0.2, -0.15) is 0 Å². The molecule has 0 saturated heterocycles. The van der Waals surface area contributed by atoms with Crippen molar-refractivity contribution in [3.05, 3.63) is 46.4 Å². The van der Waals surface area contributed by atoms with E-state index in [0.717, 1.165) is 12.8 Å². The third-order valence-corrected chi connectivity index (χ3v) is 4.97. The lowest BCUT2D eigenvalue weighted by atomic mass is 9.93. The van der Waals surface area contributed by atoms with Gasteiger partial charge in [0.25, 0.3) is 0 Å². The summed E-state index contributed by atoms with van der Waals surface area (Å²) in [7, 11) is 1.60. The molecular weight excluding hydrogens is 347 g/mol. The second-order valence-electron chi connectivity index (χ2n) is 5.75. The molecule has 0 spiro atoms. The fraction of sp³-hybridized carbons (Fsp3) is 0.353. The van der Waals surface area contributed by atoms with Gasteiger partial charge in [-0.25, -0.2) is 4.99 Å². The van der Waals surface area contributed by atoms with Crippen molar-refractivity contribution in [2.45, 2.75) is 31.4 Å². The fourth-order valence-electron chi connectivity index (χ4n) is 2.90. The zero-order valence-corrected chi connectivity index (χ0v) is 14.8. The van der Waals surface area contributed by atoms with Gasteiger partial charge >= 0.3 is 0 Å².